The molecule has 2 atom stereocenters. The number of nitrogen functional groups attached to an aromatic ring is 1. The summed E-state index contributed by atoms with van der Waals surface area (Å²) in [6, 6.07) is 8.12. The highest BCUT2D eigenvalue weighted by molar-refractivity contribution is 7.90. The summed E-state index contributed by atoms with van der Waals surface area (Å²) in [6.07, 6.45) is 1.70. The summed E-state index contributed by atoms with van der Waals surface area (Å²) in [5.74, 6) is 0. The van der Waals surface area contributed by atoms with Gasteiger partial charge < -0.3 is 21.6 Å². The number of carbonyl (C=O) groups is 1. The second-order valence-corrected chi connectivity index (χ2v) is 11.1. The van der Waals surface area contributed by atoms with Crippen LogP contribution in [0.1, 0.15) is 26.3 Å². The number of nitrogens with two attached hydrogens (primary N) is 2. The summed E-state index contributed by atoms with van der Waals surface area (Å²) in [4.78, 5) is 15.7. The first kappa shape index (κ1) is 22.9. The number of aryl methyl sites for hydroxylation is 1. The van der Waals surface area contributed by atoms with Crippen molar-refractivity contribution in [1.82, 2.24) is 14.0 Å². The summed E-state index contributed by atoms with van der Waals surface area (Å²) in [6.45, 7) is 8.37. The molecule has 0 spiro atoms. The van der Waals surface area contributed by atoms with Crippen LogP contribution in [0.5, 0.6) is 0 Å². The molecule has 1 amide bonds. The van der Waals surface area contributed by atoms with E-state index in [9.17, 15) is 13.2 Å². The Bertz CT molecular complexity index is 1310. The molecule has 0 aliphatic carbocycles. The summed E-state index contributed by atoms with van der Waals surface area (Å²) in [5.41, 5.74) is 16.6. The molecule has 4 rings (SSSR count). The van der Waals surface area contributed by atoms with Crippen molar-refractivity contribution >= 4 is 38.5 Å². The maximum atomic E-state index is 13.2. The van der Waals surface area contributed by atoms with E-state index < -0.39 is 16.1 Å². The molecule has 3 heterocycles. The van der Waals surface area contributed by atoms with Gasteiger partial charge in [-0.15, -0.1) is 0 Å². The highest BCUT2D eigenvalue weighted by atomic mass is 32.2. The molecule has 0 radical (unpaired) electrons. The average molecular weight is 473 g/mol. The zero-order valence-corrected chi connectivity index (χ0v) is 19.8. The van der Waals surface area contributed by atoms with Crippen LogP contribution in [0, 0.1) is 12.3 Å². The Hall–Kier alpha value is -3.31. The number of hydrazine groups is 1. The summed E-state index contributed by atoms with van der Waals surface area (Å²) in [7, 11) is -3.84. The number of anilines is 2. The molecule has 2 unspecified atom stereocenters. The second kappa shape index (κ2) is 7.92. The Kier molecular flexibility index (Phi) is 5.49. The Morgan fingerprint density at radius 1 is 1.21 bits per heavy atom. The number of nitrogens with one attached hydrogen (secondary N) is 1. The average Bonchev–Trinajstić information content (AvgIpc) is 3.12. The normalized spacial score (nSPS) is 19.3. The zero-order chi connectivity index (χ0) is 24.1. The van der Waals surface area contributed by atoms with Gasteiger partial charge in [-0.3, -0.25) is 0 Å². The number of hydrogen-bond donors (Lipinski definition) is 3. The zero-order valence-electron chi connectivity index (χ0n) is 18.9. The minimum atomic E-state index is -3.84. The number of benzene rings is 1. The van der Waals surface area contributed by atoms with Crippen LogP contribution >= 0.6 is 0 Å². The standard InChI is InChI=1S/C22H28N6O4S/c1-13-5-7-14(8-6-13)33(30,31)28-10-9-15-18(16(23)11-25-20(15)28)26-27-12-17(32-21(24)29)19(27)22(2,3)4/h5-11,17,19H,12,23H2,1-4H3,(H2,24,29)(H,25,26). The van der Waals surface area contributed by atoms with Crippen molar-refractivity contribution in [3.05, 3.63) is 48.3 Å². The highest BCUT2D eigenvalue weighted by Crippen LogP contribution is 2.38. The first-order chi connectivity index (χ1) is 15.4. The van der Waals surface area contributed by atoms with Crippen LogP contribution in [-0.2, 0) is 14.8 Å². The smallest absolute Gasteiger partial charge is 0.404 e. The topological polar surface area (TPSA) is 146 Å². The van der Waals surface area contributed by atoms with Crippen LogP contribution in [-0.4, -0.2) is 47.2 Å². The number of primary amides is 1. The van der Waals surface area contributed by atoms with E-state index in [1.54, 1.807) is 30.3 Å². The van der Waals surface area contributed by atoms with Gasteiger partial charge in [0, 0.05) is 11.6 Å². The molecular weight excluding hydrogens is 444 g/mol. The van der Waals surface area contributed by atoms with E-state index in [4.69, 9.17) is 16.2 Å². The second-order valence-electron chi connectivity index (χ2n) is 9.31. The van der Waals surface area contributed by atoms with Crippen LogP contribution in [0.2, 0.25) is 0 Å². The van der Waals surface area contributed by atoms with E-state index in [1.807, 2.05) is 32.7 Å². The van der Waals surface area contributed by atoms with E-state index >= 15 is 0 Å². The van der Waals surface area contributed by atoms with Crippen LogP contribution in [0.25, 0.3) is 11.0 Å². The number of aromatic nitrogens is 2. The molecule has 5 N–H and O–H groups in total. The number of nitrogens with zero attached hydrogens (tertiary/aromatic N) is 3. The quantitative estimate of drug-likeness (QED) is 0.514. The van der Waals surface area contributed by atoms with Gasteiger partial charge in [0.15, 0.2) is 5.65 Å². The lowest BCUT2D eigenvalue weighted by Gasteiger charge is -2.52. The largest absolute Gasteiger partial charge is 0.443 e. The predicted octanol–water partition coefficient (Wildman–Crippen LogP) is 2.69. The molecule has 2 aromatic heterocycles. The van der Waals surface area contributed by atoms with Gasteiger partial charge in [0.2, 0.25) is 0 Å². The molecule has 33 heavy (non-hydrogen) atoms. The molecule has 1 aliphatic rings. The first-order valence-electron chi connectivity index (χ1n) is 10.5. The lowest BCUT2D eigenvalue weighted by Crippen LogP contribution is -2.68. The van der Waals surface area contributed by atoms with E-state index in [0.717, 1.165) is 9.54 Å². The van der Waals surface area contributed by atoms with Crippen molar-refractivity contribution in [1.29, 1.82) is 0 Å². The first-order valence-corrected chi connectivity index (χ1v) is 11.9. The van der Waals surface area contributed by atoms with Crippen LogP contribution in [0.3, 0.4) is 0 Å². The van der Waals surface area contributed by atoms with Crippen molar-refractivity contribution in [2.45, 2.75) is 44.7 Å². The van der Waals surface area contributed by atoms with Crippen LogP contribution < -0.4 is 16.9 Å². The third-order valence-electron chi connectivity index (χ3n) is 5.76. The fourth-order valence-electron chi connectivity index (χ4n) is 4.23. The van der Waals surface area contributed by atoms with Crippen molar-refractivity contribution in [3.63, 3.8) is 0 Å². The molecule has 11 heteroatoms. The third-order valence-corrected chi connectivity index (χ3v) is 7.44. The van der Waals surface area contributed by atoms with Crippen molar-refractivity contribution in [2.24, 2.45) is 11.1 Å². The number of hydrogen-bond acceptors (Lipinski definition) is 8. The number of amides is 1. The predicted molar refractivity (Wildman–Crippen MR) is 126 cm³/mol. The molecular formula is C22H28N6O4S. The SMILES string of the molecule is Cc1ccc(S(=O)(=O)n2ccc3c(NN4CC(OC(N)=O)C4C(C)(C)C)c(N)cnc32)cc1. The minimum absolute atomic E-state index is 0.167. The van der Waals surface area contributed by atoms with Gasteiger partial charge in [-0.25, -0.2) is 27.2 Å². The van der Waals surface area contributed by atoms with E-state index in [-0.39, 0.29) is 28.1 Å². The van der Waals surface area contributed by atoms with E-state index in [0.29, 0.717) is 23.3 Å². The van der Waals surface area contributed by atoms with Gasteiger partial charge in [-0.05, 0) is 30.5 Å². The lowest BCUT2D eigenvalue weighted by molar-refractivity contribution is -0.0960. The maximum absolute atomic E-state index is 13.2. The Morgan fingerprint density at radius 3 is 2.48 bits per heavy atom. The van der Waals surface area contributed by atoms with Crippen molar-refractivity contribution in [3.8, 4) is 0 Å². The fourth-order valence-corrected chi connectivity index (χ4v) is 5.53. The molecule has 0 saturated carbocycles. The number of carbonyl (C=O) groups excluding carboxylic acids is 1. The molecule has 1 aromatic carbocycles. The van der Waals surface area contributed by atoms with Gasteiger partial charge in [-0.2, -0.15) is 0 Å². The van der Waals surface area contributed by atoms with Crippen molar-refractivity contribution in [2.75, 3.05) is 17.7 Å². The monoisotopic (exact) mass is 472 g/mol. The third kappa shape index (κ3) is 4.09. The van der Waals surface area contributed by atoms with Gasteiger partial charge in [0.05, 0.1) is 35.1 Å². The number of ether oxygens (including phenoxy) is 1. The van der Waals surface area contributed by atoms with Crippen LogP contribution in [0.4, 0.5) is 16.2 Å². The molecule has 176 valence electrons. The molecule has 1 saturated heterocycles. The van der Waals surface area contributed by atoms with Gasteiger partial charge in [0.25, 0.3) is 10.0 Å². The summed E-state index contributed by atoms with van der Waals surface area (Å²) >= 11 is 0. The molecule has 1 aliphatic heterocycles. The number of pyridine rings is 1. The van der Waals surface area contributed by atoms with Crippen molar-refractivity contribution < 1.29 is 17.9 Å². The lowest BCUT2D eigenvalue weighted by atomic mass is 9.78. The molecule has 10 nitrogen and oxygen atoms in total. The highest BCUT2D eigenvalue weighted by Gasteiger charge is 2.48. The Morgan fingerprint density at radius 2 is 1.88 bits per heavy atom. The van der Waals surface area contributed by atoms with E-state index in [1.165, 1.54) is 12.4 Å². The molecule has 3 aromatic rings. The Balaban J connectivity index is 1.70. The maximum Gasteiger partial charge on any atom is 0.404 e. The number of fused-ring (bicyclic) bond motifs is 1. The molecule has 1 fully saturated rings. The summed E-state index contributed by atoms with van der Waals surface area (Å²) < 4.78 is 32.9. The minimum Gasteiger partial charge on any atom is -0.443 e. The number of rotatable bonds is 5. The van der Waals surface area contributed by atoms with Gasteiger partial charge in [-0.1, -0.05) is 38.5 Å². The van der Waals surface area contributed by atoms with Crippen LogP contribution in [0.15, 0.2) is 47.6 Å². The molecule has 0 bridgehead atoms. The van der Waals surface area contributed by atoms with E-state index in [2.05, 4.69) is 10.4 Å². The fraction of sp³-hybridized carbons (Fsp3) is 0.364. The Labute approximate surface area is 192 Å². The van der Waals surface area contributed by atoms with Gasteiger partial charge in [0.1, 0.15) is 6.10 Å². The summed E-state index contributed by atoms with van der Waals surface area (Å²) in [5, 5.41) is 2.46. The van der Waals surface area contributed by atoms with Gasteiger partial charge >= 0.3 is 6.09 Å².